The van der Waals surface area contributed by atoms with Crippen LogP contribution in [0.3, 0.4) is 0 Å². The van der Waals surface area contributed by atoms with Crippen LogP contribution in [0.1, 0.15) is 57.1 Å². The first-order valence-electron chi connectivity index (χ1n) is 11.8. The third-order valence-corrected chi connectivity index (χ3v) is 7.45. The number of sulfonamides is 1. The molecule has 1 amide bonds. The van der Waals surface area contributed by atoms with E-state index in [1.165, 1.54) is 10.7 Å². The van der Waals surface area contributed by atoms with E-state index in [0.717, 1.165) is 12.1 Å². The molecule has 13 heteroatoms. The number of ether oxygens (including phenoxy) is 1. The molecule has 0 spiro atoms. The van der Waals surface area contributed by atoms with Crippen LogP contribution in [0.25, 0.3) is 5.69 Å². The molecule has 0 saturated heterocycles. The van der Waals surface area contributed by atoms with Gasteiger partial charge in [0.05, 0.1) is 10.6 Å². The maximum atomic E-state index is 13.3. The molecule has 0 saturated carbocycles. The predicted octanol–water partition coefficient (Wildman–Crippen LogP) is 5.14. The van der Waals surface area contributed by atoms with Crippen molar-refractivity contribution >= 4 is 33.2 Å². The lowest BCUT2D eigenvalue weighted by molar-refractivity contribution is -0.385. The second-order valence-corrected chi connectivity index (χ2v) is 11.9. The Kier molecular flexibility index (Phi) is 8.49. The number of nitro benzene ring substituents is 1. The highest BCUT2D eigenvalue weighted by molar-refractivity contribution is 7.89. The Morgan fingerprint density at radius 1 is 1.21 bits per heavy atom. The van der Waals surface area contributed by atoms with Crippen LogP contribution >= 0.6 is 11.6 Å². The van der Waals surface area contributed by atoms with Gasteiger partial charge in [0.2, 0.25) is 15.9 Å². The van der Waals surface area contributed by atoms with Gasteiger partial charge in [0, 0.05) is 34.3 Å². The SMILES string of the molecule is CCC(C)NC(=O)c1nn(-c2ccc(Cl)cc2)c(Oc2ccc([N+](=O)[O-])cc2S(=O)(=O)NC(C)(C)C)c1C. The van der Waals surface area contributed by atoms with Gasteiger partial charge < -0.3 is 10.1 Å². The Hall–Kier alpha value is -3.48. The van der Waals surface area contributed by atoms with Gasteiger partial charge in [0.25, 0.3) is 11.6 Å². The number of hydrogen-bond donors (Lipinski definition) is 2. The lowest BCUT2D eigenvalue weighted by atomic mass is 10.1. The number of hydrogen-bond acceptors (Lipinski definition) is 7. The number of halogens is 1. The standard InChI is InChI=1S/C25H30ClN5O6S/c1-7-15(2)27-23(32)22-16(3)24(30(28-22)18-10-8-17(26)9-11-18)37-20-13-12-19(31(33)34)14-21(20)38(35,36)29-25(4,5)6/h8-15,29H,7H2,1-6H3,(H,27,32). The highest BCUT2D eigenvalue weighted by Crippen LogP contribution is 2.36. The van der Waals surface area contributed by atoms with Gasteiger partial charge >= 0.3 is 0 Å². The Balaban J connectivity index is 2.21. The predicted molar refractivity (Wildman–Crippen MR) is 144 cm³/mol. The summed E-state index contributed by atoms with van der Waals surface area (Å²) in [6, 6.07) is 9.74. The Labute approximate surface area is 226 Å². The van der Waals surface area contributed by atoms with E-state index in [4.69, 9.17) is 16.3 Å². The van der Waals surface area contributed by atoms with Gasteiger partial charge in [0.15, 0.2) is 5.69 Å². The summed E-state index contributed by atoms with van der Waals surface area (Å²) in [5, 5.41) is 19.2. The van der Waals surface area contributed by atoms with Crippen molar-refractivity contribution < 1.29 is 22.9 Å². The average Bonchev–Trinajstić information content (AvgIpc) is 3.14. The molecule has 1 unspecified atom stereocenters. The van der Waals surface area contributed by atoms with Crippen molar-refractivity contribution in [2.75, 3.05) is 0 Å². The number of benzene rings is 2. The largest absolute Gasteiger partial charge is 0.437 e. The molecule has 0 bridgehead atoms. The van der Waals surface area contributed by atoms with Crippen LogP contribution in [0.2, 0.25) is 5.02 Å². The monoisotopic (exact) mass is 563 g/mol. The summed E-state index contributed by atoms with van der Waals surface area (Å²) in [5.74, 6) is -0.553. The number of nitrogens with one attached hydrogen (secondary N) is 2. The van der Waals surface area contributed by atoms with E-state index in [-0.39, 0.29) is 23.4 Å². The lowest BCUT2D eigenvalue weighted by Gasteiger charge is -2.21. The first-order chi connectivity index (χ1) is 17.6. The van der Waals surface area contributed by atoms with Crippen LogP contribution in [0.5, 0.6) is 11.6 Å². The third kappa shape index (κ3) is 6.69. The molecule has 3 rings (SSSR count). The quantitative estimate of drug-likeness (QED) is 0.271. The zero-order valence-electron chi connectivity index (χ0n) is 21.9. The molecular formula is C25H30ClN5O6S. The first kappa shape index (κ1) is 29.1. The van der Waals surface area contributed by atoms with E-state index in [1.807, 2.05) is 13.8 Å². The topological polar surface area (TPSA) is 145 Å². The molecule has 38 heavy (non-hydrogen) atoms. The van der Waals surface area contributed by atoms with Gasteiger partial charge in [-0.25, -0.2) is 13.1 Å². The van der Waals surface area contributed by atoms with Crippen LogP contribution < -0.4 is 14.8 Å². The number of rotatable bonds is 9. The van der Waals surface area contributed by atoms with Crippen molar-refractivity contribution in [2.45, 2.75) is 64.4 Å². The van der Waals surface area contributed by atoms with Gasteiger partial charge in [0.1, 0.15) is 10.6 Å². The molecule has 3 aromatic rings. The van der Waals surface area contributed by atoms with Crippen molar-refractivity contribution in [3.05, 3.63) is 68.9 Å². The van der Waals surface area contributed by atoms with Crippen molar-refractivity contribution in [2.24, 2.45) is 0 Å². The Morgan fingerprint density at radius 3 is 2.39 bits per heavy atom. The van der Waals surface area contributed by atoms with Crippen molar-refractivity contribution in [3.8, 4) is 17.3 Å². The Morgan fingerprint density at radius 2 is 1.84 bits per heavy atom. The van der Waals surface area contributed by atoms with Gasteiger partial charge in [-0.1, -0.05) is 18.5 Å². The third-order valence-electron chi connectivity index (χ3n) is 5.42. The molecule has 1 heterocycles. The average molecular weight is 564 g/mol. The summed E-state index contributed by atoms with van der Waals surface area (Å²) in [4.78, 5) is 23.3. The van der Waals surface area contributed by atoms with Crippen molar-refractivity contribution in [1.29, 1.82) is 0 Å². The number of non-ortho nitro benzene ring substituents is 1. The van der Waals surface area contributed by atoms with Crippen LogP contribution in [0, 0.1) is 17.0 Å². The number of nitro groups is 1. The number of aromatic nitrogens is 2. The molecule has 2 N–H and O–H groups in total. The maximum Gasteiger partial charge on any atom is 0.272 e. The van der Waals surface area contributed by atoms with E-state index in [0.29, 0.717) is 22.7 Å². The van der Waals surface area contributed by atoms with E-state index >= 15 is 0 Å². The highest BCUT2D eigenvalue weighted by Gasteiger charge is 2.30. The summed E-state index contributed by atoms with van der Waals surface area (Å²) in [5.41, 5.74) is -0.388. The van der Waals surface area contributed by atoms with E-state index in [9.17, 15) is 23.3 Å². The Bertz CT molecular complexity index is 1460. The highest BCUT2D eigenvalue weighted by atomic mass is 35.5. The summed E-state index contributed by atoms with van der Waals surface area (Å²) in [7, 11) is -4.26. The second kappa shape index (κ2) is 11.1. The molecule has 0 aliphatic heterocycles. The molecule has 204 valence electrons. The fourth-order valence-corrected chi connectivity index (χ4v) is 5.13. The lowest BCUT2D eigenvalue weighted by Crippen LogP contribution is -2.40. The van der Waals surface area contributed by atoms with Crippen LogP contribution in [-0.4, -0.2) is 40.6 Å². The number of carbonyl (C=O) groups excluding carboxylic acids is 1. The van der Waals surface area contributed by atoms with Crippen LogP contribution in [-0.2, 0) is 10.0 Å². The molecule has 0 aliphatic rings. The first-order valence-corrected chi connectivity index (χ1v) is 13.7. The van der Waals surface area contributed by atoms with Crippen LogP contribution in [0.4, 0.5) is 5.69 Å². The zero-order chi connectivity index (χ0) is 28.4. The normalized spacial score (nSPS) is 12.7. The summed E-state index contributed by atoms with van der Waals surface area (Å²) in [6.07, 6.45) is 0.705. The summed E-state index contributed by atoms with van der Waals surface area (Å²) < 4.78 is 36.5. The molecule has 0 fully saturated rings. The minimum atomic E-state index is -4.26. The van der Waals surface area contributed by atoms with Gasteiger partial charge in [-0.3, -0.25) is 14.9 Å². The molecule has 1 aromatic heterocycles. The fraction of sp³-hybridized carbons (Fsp3) is 0.360. The van der Waals surface area contributed by atoms with Gasteiger partial charge in [-0.2, -0.15) is 9.78 Å². The zero-order valence-corrected chi connectivity index (χ0v) is 23.5. The summed E-state index contributed by atoms with van der Waals surface area (Å²) in [6.45, 7) is 10.3. The minimum absolute atomic E-state index is 0.0580. The number of amides is 1. The molecule has 1 atom stereocenters. The van der Waals surface area contributed by atoms with E-state index < -0.39 is 37.0 Å². The molecule has 2 aromatic carbocycles. The van der Waals surface area contributed by atoms with E-state index in [2.05, 4.69) is 15.1 Å². The fourth-order valence-electron chi connectivity index (χ4n) is 3.43. The molecule has 0 radical (unpaired) electrons. The van der Waals surface area contributed by atoms with Crippen LogP contribution in [0.15, 0.2) is 47.4 Å². The second-order valence-electron chi connectivity index (χ2n) is 9.80. The van der Waals surface area contributed by atoms with Gasteiger partial charge in [-0.15, -0.1) is 0 Å². The molecular weight excluding hydrogens is 534 g/mol. The van der Waals surface area contributed by atoms with Crippen molar-refractivity contribution in [3.63, 3.8) is 0 Å². The molecule has 11 nitrogen and oxygen atoms in total. The minimum Gasteiger partial charge on any atom is -0.437 e. The van der Waals surface area contributed by atoms with E-state index in [1.54, 1.807) is 52.0 Å². The maximum absolute atomic E-state index is 13.3. The van der Waals surface area contributed by atoms with Gasteiger partial charge in [-0.05, 0) is 71.4 Å². The number of carbonyl (C=O) groups is 1. The van der Waals surface area contributed by atoms with Crippen molar-refractivity contribution in [1.82, 2.24) is 19.8 Å². The molecule has 0 aliphatic carbocycles. The smallest absolute Gasteiger partial charge is 0.272 e. The number of nitrogens with zero attached hydrogens (tertiary/aromatic N) is 3. The summed E-state index contributed by atoms with van der Waals surface area (Å²) >= 11 is 6.04.